The molecule has 1 saturated heterocycles. The molecule has 150 valence electrons. The Kier molecular flexibility index (Phi) is 4.67. The van der Waals surface area contributed by atoms with Gasteiger partial charge in [-0.3, -0.25) is 4.90 Å². The van der Waals surface area contributed by atoms with Crippen molar-refractivity contribution in [3.8, 4) is 16.9 Å². The second kappa shape index (κ2) is 7.34. The standard InChI is InChI=1S/C25H28N2O2/c1-16-10-11-23(21(14-16)24-17(2)26-29-18(24)3)28-25-20-9-5-4-8-19(20)15-22(25)27-12-6-7-13-27/h4-5,8-11,14,22,25H,6-7,12-13,15H2,1-3H3. The van der Waals surface area contributed by atoms with Gasteiger partial charge in [0.25, 0.3) is 0 Å². The number of likely N-dealkylation sites (tertiary alicyclic amines) is 1. The molecule has 0 radical (unpaired) electrons. The lowest BCUT2D eigenvalue weighted by molar-refractivity contribution is 0.0945. The molecule has 1 aliphatic carbocycles. The highest BCUT2D eigenvalue weighted by atomic mass is 16.5. The number of nitrogens with zero attached hydrogens (tertiary/aromatic N) is 2. The molecule has 1 aromatic heterocycles. The van der Waals surface area contributed by atoms with Crippen LogP contribution in [-0.2, 0) is 6.42 Å². The average Bonchev–Trinajstić information content (AvgIpc) is 3.43. The third-order valence-electron chi connectivity index (χ3n) is 6.44. The maximum Gasteiger partial charge on any atom is 0.141 e. The summed E-state index contributed by atoms with van der Waals surface area (Å²) in [4.78, 5) is 2.62. The Morgan fingerprint density at radius 1 is 1.03 bits per heavy atom. The van der Waals surface area contributed by atoms with Crippen LogP contribution in [0.15, 0.2) is 47.0 Å². The maximum absolute atomic E-state index is 6.84. The van der Waals surface area contributed by atoms with Crippen LogP contribution in [0.5, 0.6) is 5.75 Å². The van der Waals surface area contributed by atoms with Crippen molar-refractivity contribution in [2.75, 3.05) is 13.1 Å². The van der Waals surface area contributed by atoms with Gasteiger partial charge in [0, 0.05) is 5.56 Å². The minimum Gasteiger partial charge on any atom is -0.483 e. The zero-order valence-electron chi connectivity index (χ0n) is 17.4. The Hall–Kier alpha value is -2.59. The summed E-state index contributed by atoms with van der Waals surface area (Å²) >= 11 is 0. The predicted octanol–water partition coefficient (Wildman–Crippen LogP) is 5.41. The number of hydrogen-bond donors (Lipinski definition) is 0. The van der Waals surface area contributed by atoms with Crippen molar-refractivity contribution in [3.05, 3.63) is 70.6 Å². The van der Waals surface area contributed by atoms with Crippen molar-refractivity contribution in [2.24, 2.45) is 0 Å². The molecule has 5 rings (SSSR count). The molecule has 0 spiro atoms. The number of fused-ring (bicyclic) bond motifs is 1. The fraction of sp³-hybridized carbons (Fsp3) is 0.400. The molecule has 1 fully saturated rings. The second-order valence-electron chi connectivity index (χ2n) is 8.45. The van der Waals surface area contributed by atoms with Gasteiger partial charge in [0.1, 0.15) is 17.6 Å². The van der Waals surface area contributed by atoms with Gasteiger partial charge in [0.2, 0.25) is 0 Å². The number of hydrogen-bond acceptors (Lipinski definition) is 4. The van der Waals surface area contributed by atoms with E-state index < -0.39 is 0 Å². The van der Waals surface area contributed by atoms with Crippen molar-refractivity contribution in [2.45, 2.75) is 52.2 Å². The number of benzene rings is 2. The van der Waals surface area contributed by atoms with E-state index in [2.05, 4.69) is 59.4 Å². The smallest absolute Gasteiger partial charge is 0.141 e. The molecule has 2 aromatic carbocycles. The summed E-state index contributed by atoms with van der Waals surface area (Å²) in [6.07, 6.45) is 3.68. The van der Waals surface area contributed by atoms with Crippen LogP contribution >= 0.6 is 0 Å². The van der Waals surface area contributed by atoms with Gasteiger partial charge < -0.3 is 9.26 Å². The van der Waals surface area contributed by atoms with E-state index in [9.17, 15) is 0 Å². The summed E-state index contributed by atoms with van der Waals surface area (Å²) < 4.78 is 12.3. The molecule has 0 N–H and O–H groups in total. The van der Waals surface area contributed by atoms with Gasteiger partial charge >= 0.3 is 0 Å². The topological polar surface area (TPSA) is 38.5 Å². The van der Waals surface area contributed by atoms with Crippen molar-refractivity contribution in [1.82, 2.24) is 10.1 Å². The van der Waals surface area contributed by atoms with Gasteiger partial charge in [0.15, 0.2) is 0 Å². The lowest BCUT2D eigenvalue weighted by atomic mass is 10.0. The van der Waals surface area contributed by atoms with Gasteiger partial charge in [-0.15, -0.1) is 0 Å². The first-order valence-electron chi connectivity index (χ1n) is 10.6. The summed E-state index contributed by atoms with van der Waals surface area (Å²) in [5, 5.41) is 4.17. The van der Waals surface area contributed by atoms with Crippen LogP contribution in [0.25, 0.3) is 11.1 Å². The van der Waals surface area contributed by atoms with E-state index in [0.29, 0.717) is 6.04 Å². The van der Waals surface area contributed by atoms with Gasteiger partial charge in [-0.05, 0) is 76.4 Å². The van der Waals surface area contributed by atoms with Gasteiger partial charge in [-0.25, -0.2) is 0 Å². The van der Waals surface area contributed by atoms with Gasteiger partial charge in [0.05, 0.1) is 17.3 Å². The highest BCUT2D eigenvalue weighted by Gasteiger charge is 2.39. The molecule has 1 aliphatic heterocycles. The van der Waals surface area contributed by atoms with E-state index in [0.717, 1.165) is 34.8 Å². The fourth-order valence-electron chi connectivity index (χ4n) is 5.02. The largest absolute Gasteiger partial charge is 0.483 e. The van der Waals surface area contributed by atoms with Crippen molar-refractivity contribution in [1.29, 1.82) is 0 Å². The van der Waals surface area contributed by atoms with Crippen LogP contribution in [0, 0.1) is 20.8 Å². The zero-order valence-corrected chi connectivity index (χ0v) is 17.4. The van der Waals surface area contributed by atoms with Crippen LogP contribution in [0.4, 0.5) is 0 Å². The minimum absolute atomic E-state index is 0.0474. The van der Waals surface area contributed by atoms with Gasteiger partial charge in [-0.1, -0.05) is 41.1 Å². The van der Waals surface area contributed by atoms with E-state index >= 15 is 0 Å². The predicted molar refractivity (Wildman–Crippen MR) is 114 cm³/mol. The highest BCUT2D eigenvalue weighted by Crippen LogP contribution is 2.42. The molecule has 4 nitrogen and oxygen atoms in total. The quantitative estimate of drug-likeness (QED) is 0.599. The van der Waals surface area contributed by atoms with E-state index in [1.165, 1.54) is 42.6 Å². The van der Waals surface area contributed by atoms with Crippen LogP contribution < -0.4 is 4.74 Å². The third-order valence-corrected chi connectivity index (χ3v) is 6.44. The SMILES string of the molecule is Cc1ccc(OC2c3ccccc3CC2N2CCCC2)c(-c2c(C)noc2C)c1. The second-order valence-corrected chi connectivity index (χ2v) is 8.45. The monoisotopic (exact) mass is 388 g/mol. The Labute approximate surface area is 172 Å². The summed E-state index contributed by atoms with van der Waals surface area (Å²) in [6.45, 7) is 8.42. The zero-order chi connectivity index (χ0) is 20.0. The minimum atomic E-state index is 0.0474. The van der Waals surface area contributed by atoms with E-state index in [1.54, 1.807) is 0 Å². The van der Waals surface area contributed by atoms with Crippen molar-refractivity contribution in [3.63, 3.8) is 0 Å². The molecule has 4 heteroatoms. The number of aromatic nitrogens is 1. The van der Waals surface area contributed by atoms with Gasteiger partial charge in [-0.2, -0.15) is 0 Å². The Bertz CT molecular complexity index is 1010. The first-order valence-corrected chi connectivity index (χ1v) is 10.6. The van der Waals surface area contributed by atoms with Crippen LogP contribution in [0.2, 0.25) is 0 Å². The molecule has 2 heterocycles. The van der Waals surface area contributed by atoms with E-state index in [1.807, 2.05) is 13.8 Å². The van der Waals surface area contributed by atoms with Crippen LogP contribution in [-0.4, -0.2) is 29.2 Å². The lowest BCUT2D eigenvalue weighted by Crippen LogP contribution is -2.38. The molecular formula is C25H28N2O2. The number of rotatable bonds is 4. The summed E-state index contributed by atoms with van der Waals surface area (Å²) in [7, 11) is 0. The van der Waals surface area contributed by atoms with Crippen LogP contribution in [0.1, 0.15) is 47.1 Å². The fourth-order valence-corrected chi connectivity index (χ4v) is 5.02. The Morgan fingerprint density at radius 3 is 2.59 bits per heavy atom. The Morgan fingerprint density at radius 2 is 1.83 bits per heavy atom. The molecule has 0 saturated carbocycles. The molecule has 3 aromatic rings. The highest BCUT2D eigenvalue weighted by molar-refractivity contribution is 5.74. The summed E-state index contributed by atoms with van der Waals surface area (Å²) in [6, 6.07) is 15.6. The van der Waals surface area contributed by atoms with Crippen molar-refractivity contribution < 1.29 is 9.26 Å². The summed E-state index contributed by atoms with van der Waals surface area (Å²) in [5.74, 6) is 1.75. The van der Waals surface area contributed by atoms with Crippen molar-refractivity contribution >= 4 is 0 Å². The first-order chi connectivity index (χ1) is 14.1. The van der Waals surface area contributed by atoms with E-state index in [-0.39, 0.29) is 6.10 Å². The average molecular weight is 389 g/mol. The number of ether oxygens (including phenoxy) is 1. The maximum atomic E-state index is 6.84. The lowest BCUT2D eigenvalue weighted by Gasteiger charge is -2.30. The van der Waals surface area contributed by atoms with E-state index in [4.69, 9.17) is 9.26 Å². The molecule has 2 unspecified atom stereocenters. The molecular weight excluding hydrogens is 360 g/mol. The summed E-state index contributed by atoms with van der Waals surface area (Å²) in [5.41, 5.74) is 6.98. The van der Waals surface area contributed by atoms with Crippen LogP contribution in [0.3, 0.4) is 0 Å². The molecule has 29 heavy (non-hydrogen) atoms. The molecule has 0 bridgehead atoms. The first kappa shape index (κ1) is 18.4. The molecule has 2 aliphatic rings. The normalized spacial score (nSPS) is 21.5. The third kappa shape index (κ3) is 3.25. The molecule has 2 atom stereocenters. The Balaban J connectivity index is 1.56. The molecule has 0 amide bonds. The number of aryl methyl sites for hydroxylation is 3.